The number of carbonyl (C=O) groups excluding carboxylic acids is 1. The quantitative estimate of drug-likeness (QED) is 0.735. The molecule has 0 aromatic carbocycles. The molecule has 0 saturated carbocycles. The molecule has 0 aromatic rings. The van der Waals surface area contributed by atoms with Gasteiger partial charge in [0.05, 0.1) is 0 Å². The first-order chi connectivity index (χ1) is 7.16. The van der Waals surface area contributed by atoms with E-state index >= 15 is 0 Å². The van der Waals surface area contributed by atoms with E-state index in [1.54, 1.807) is 0 Å². The summed E-state index contributed by atoms with van der Waals surface area (Å²) in [6.45, 7) is 6.15. The van der Waals surface area contributed by atoms with Gasteiger partial charge in [0, 0.05) is 19.2 Å². The normalized spacial score (nSPS) is 20.9. The minimum absolute atomic E-state index is 0.135. The zero-order valence-electron chi connectivity index (χ0n) is 9.74. The lowest BCUT2D eigenvalue weighted by atomic mass is 10.2. The van der Waals surface area contributed by atoms with Crippen molar-refractivity contribution >= 4 is 5.91 Å². The second kappa shape index (κ2) is 6.08. The van der Waals surface area contributed by atoms with Crippen molar-refractivity contribution in [2.45, 2.75) is 45.3 Å². The number of rotatable bonds is 5. The maximum Gasteiger partial charge on any atom is 0.251 e. The van der Waals surface area contributed by atoms with Crippen molar-refractivity contribution in [1.29, 1.82) is 0 Å². The highest BCUT2D eigenvalue weighted by atomic mass is 16.5. The first-order valence-electron chi connectivity index (χ1n) is 5.79. The van der Waals surface area contributed by atoms with Crippen LogP contribution in [0.5, 0.6) is 0 Å². The molecular formula is C11H22N2O2. The van der Waals surface area contributed by atoms with Gasteiger partial charge in [0.1, 0.15) is 6.10 Å². The summed E-state index contributed by atoms with van der Waals surface area (Å²) < 4.78 is 5.40. The van der Waals surface area contributed by atoms with Gasteiger partial charge in [0.2, 0.25) is 0 Å². The number of carbonyl (C=O) groups is 1. The summed E-state index contributed by atoms with van der Waals surface area (Å²) in [5, 5.41) is 0. The average molecular weight is 214 g/mol. The molecule has 4 heteroatoms. The number of amides is 1. The van der Waals surface area contributed by atoms with Gasteiger partial charge < -0.3 is 15.4 Å². The van der Waals surface area contributed by atoms with Crippen LogP contribution in [0.2, 0.25) is 0 Å². The van der Waals surface area contributed by atoms with Gasteiger partial charge in [-0.15, -0.1) is 0 Å². The van der Waals surface area contributed by atoms with Crippen molar-refractivity contribution in [1.82, 2.24) is 4.90 Å². The first kappa shape index (κ1) is 12.5. The van der Waals surface area contributed by atoms with Gasteiger partial charge in [-0.3, -0.25) is 4.79 Å². The Balaban J connectivity index is 2.49. The van der Waals surface area contributed by atoms with Crippen molar-refractivity contribution in [3.05, 3.63) is 0 Å². The number of nitrogens with two attached hydrogens (primary N) is 1. The molecule has 0 aliphatic carbocycles. The number of nitrogens with zero attached hydrogens (tertiary/aromatic N) is 1. The predicted octanol–water partition coefficient (Wildman–Crippen LogP) is 0.751. The second-order valence-electron chi connectivity index (χ2n) is 4.27. The highest BCUT2D eigenvalue weighted by Crippen LogP contribution is 2.16. The van der Waals surface area contributed by atoms with E-state index < -0.39 is 0 Å². The standard InChI is InChI=1S/C11H22N2O2/c1-9(2)13(7-4-6-12)11(14)10-5-3-8-15-10/h9-10H,3-8,12H2,1-2H3. The van der Waals surface area contributed by atoms with E-state index in [2.05, 4.69) is 0 Å². The van der Waals surface area contributed by atoms with Crippen LogP contribution >= 0.6 is 0 Å². The molecule has 1 saturated heterocycles. The number of hydrogen-bond donors (Lipinski definition) is 1. The fraction of sp³-hybridized carbons (Fsp3) is 0.909. The summed E-state index contributed by atoms with van der Waals surface area (Å²) in [6.07, 6.45) is 2.52. The largest absolute Gasteiger partial charge is 0.368 e. The van der Waals surface area contributed by atoms with E-state index in [-0.39, 0.29) is 18.1 Å². The highest BCUT2D eigenvalue weighted by Gasteiger charge is 2.28. The summed E-state index contributed by atoms with van der Waals surface area (Å²) in [7, 11) is 0. The summed E-state index contributed by atoms with van der Waals surface area (Å²) in [5.41, 5.74) is 5.46. The van der Waals surface area contributed by atoms with Crippen LogP contribution in [0.3, 0.4) is 0 Å². The van der Waals surface area contributed by atoms with Gasteiger partial charge >= 0.3 is 0 Å². The molecule has 1 rings (SSSR count). The molecule has 2 N–H and O–H groups in total. The minimum atomic E-state index is -0.204. The number of hydrogen-bond acceptors (Lipinski definition) is 3. The Hall–Kier alpha value is -0.610. The van der Waals surface area contributed by atoms with E-state index in [1.807, 2.05) is 18.7 Å². The third kappa shape index (κ3) is 3.47. The lowest BCUT2D eigenvalue weighted by Crippen LogP contribution is -2.44. The maximum atomic E-state index is 12.1. The van der Waals surface area contributed by atoms with Crippen molar-refractivity contribution in [3.63, 3.8) is 0 Å². The van der Waals surface area contributed by atoms with Crippen LogP contribution in [0.15, 0.2) is 0 Å². The van der Waals surface area contributed by atoms with Gasteiger partial charge in [-0.1, -0.05) is 0 Å². The van der Waals surface area contributed by atoms with Crippen LogP contribution in [0.1, 0.15) is 33.1 Å². The molecule has 4 nitrogen and oxygen atoms in total. The monoisotopic (exact) mass is 214 g/mol. The Morgan fingerprint density at radius 3 is 2.80 bits per heavy atom. The van der Waals surface area contributed by atoms with E-state index in [9.17, 15) is 4.79 Å². The SMILES string of the molecule is CC(C)N(CCCN)C(=O)C1CCCO1. The van der Waals surface area contributed by atoms with Crippen LogP contribution in [-0.2, 0) is 9.53 Å². The molecule has 1 amide bonds. The van der Waals surface area contributed by atoms with Crippen molar-refractivity contribution in [2.24, 2.45) is 5.73 Å². The van der Waals surface area contributed by atoms with Gasteiger partial charge in [-0.2, -0.15) is 0 Å². The van der Waals surface area contributed by atoms with E-state index in [0.717, 1.165) is 32.4 Å². The lowest BCUT2D eigenvalue weighted by Gasteiger charge is -2.28. The Bertz CT molecular complexity index is 201. The molecule has 1 aliphatic rings. The van der Waals surface area contributed by atoms with Crippen LogP contribution in [0.4, 0.5) is 0 Å². The van der Waals surface area contributed by atoms with Crippen molar-refractivity contribution < 1.29 is 9.53 Å². The molecule has 0 radical (unpaired) electrons. The van der Waals surface area contributed by atoms with E-state index in [0.29, 0.717) is 6.54 Å². The summed E-state index contributed by atoms with van der Waals surface area (Å²) in [5.74, 6) is 0.135. The van der Waals surface area contributed by atoms with Crippen LogP contribution in [-0.4, -0.2) is 42.6 Å². The molecule has 88 valence electrons. The molecule has 0 spiro atoms. The predicted molar refractivity (Wildman–Crippen MR) is 59.5 cm³/mol. The summed E-state index contributed by atoms with van der Waals surface area (Å²) >= 11 is 0. The fourth-order valence-corrected chi connectivity index (χ4v) is 1.84. The second-order valence-corrected chi connectivity index (χ2v) is 4.27. The molecule has 15 heavy (non-hydrogen) atoms. The fourth-order valence-electron chi connectivity index (χ4n) is 1.84. The zero-order valence-corrected chi connectivity index (χ0v) is 9.74. The van der Waals surface area contributed by atoms with Gasteiger partial charge in [0.25, 0.3) is 5.91 Å². The summed E-state index contributed by atoms with van der Waals surface area (Å²) in [6, 6.07) is 0.230. The van der Waals surface area contributed by atoms with Crippen molar-refractivity contribution in [2.75, 3.05) is 19.7 Å². The van der Waals surface area contributed by atoms with E-state index in [1.165, 1.54) is 0 Å². The van der Waals surface area contributed by atoms with Gasteiger partial charge in [-0.25, -0.2) is 0 Å². The van der Waals surface area contributed by atoms with Gasteiger partial charge in [0.15, 0.2) is 0 Å². The average Bonchev–Trinajstić information content (AvgIpc) is 2.70. The molecular weight excluding hydrogens is 192 g/mol. The maximum absolute atomic E-state index is 12.1. The van der Waals surface area contributed by atoms with Crippen molar-refractivity contribution in [3.8, 4) is 0 Å². The summed E-state index contributed by atoms with van der Waals surface area (Å²) in [4.78, 5) is 13.9. The zero-order chi connectivity index (χ0) is 11.3. The third-order valence-corrected chi connectivity index (χ3v) is 2.71. The topological polar surface area (TPSA) is 55.6 Å². The van der Waals surface area contributed by atoms with Crippen LogP contribution < -0.4 is 5.73 Å². The molecule has 0 aromatic heterocycles. The van der Waals surface area contributed by atoms with E-state index in [4.69, 9.17) is 10.5 Å². The number of ether oxygens (including phenoxy) is 1. The molecule has 1 heterocycles. The lowest BCUT2D eigenvalue weighted by molar-refractivity contribution is -0.142. The van der Waals surface area contributed by atoms with Crippen LogP contribution in [0.25, 0.3) is 0 Å². The molecule has 1 fully saturated rings. The molecule has 1 atom stereocenters. The smallest absolute Gasteiger partial charge is 0.251 e. The molecule has 1 unspecified atom stereocenters. The molecule has 1 aliphatic heterocycles. The Kier molecular flexibility index (Phi) is 5.05. The first-order valence-corrected chi connectivity index (χ1v) is 5.79. The third-order valence-electron chi connectivity index (χ3n) is 2.71. The Morgan fingerprint density at radius 2 is 2.33 bits per heavy atom. The van der Waals surface area contributed by atoms with Gasteiger partial charge in [-0.05, 0) is 39.7 Å². The highest BCUT2D eigenvalue weighted by molar-refractivity contribution is 5.81. The minimum Gasteiger partial charge on any atom is -0.368 e. The Morgan fingerprint density at radius 1 is 1.60 bits per heavy atom. The van der Waals surface area contributed by atoms with Crippen LogP contribution in [0, 0.1) is 0 Å². The molecule has 0 bridgehead atoms. The Labute approximate surface area is 91.8 Å².